The van der Waals surface area contributed by atoms with Gasteiger partial charge in [-0.15, -0.1) is 0 Å². The van der Waals surface area contributed by atoms with Gasteiger partial charge in [-0.3, -0.25) is 4.79 Å². The number of nitrogens with two attached hydrogens (primary N) is 1. The van der Waals surface area contributed by atoms with Gasteiger partial charge >= 0.3 is 0 Å². The summed E-state index contributed by atoms with van der Waals surface area (Å²) >= 11 is 0. The Bertz CT molecular complexity index is 210. The lowest BCUT2D eigenvalue weighted by atomic mass is 10.1. The van der Waals surface area contributed by atoms with Crippen molar-refractivity contribution in [1.29, 1.82) is 0 Å². The SMILES string of the molecule is CC1CC(C(=O)N2CCC(N)C2)CO1. The topological polar surface area (TPSA) is 55.6 Å². The first-order chi connectivity index (χ1) is 6.66. The molecule has 4 heteroatoms. The van der Waals surface area contributed by atoms with Crippen molar-refractivity contribution in [3.05, 3.63) is 0 Å². The van der Waals surface area contributed by atoms with E-state index in [4.69, 9.17) is 10.5 Å². The van der Waals surface area contributed by atoms with Crippen LogP contribution in [0.15, 0.2) is 0 Å². The summed E-state index contributed by atoms with van der Waals surface area (Å²) in [5.41, 5.74) is 5.76. The van der Waals surface area contributed by atoms with Crippen LogP contribution in [-0.4, -0.2) is 42.6 Å². The quantitative estimate of drug-likeness (QED) is 0.644. The zero-order valence-electron chi connectivity index (χ0n) is 8.61. The summed E-state index contributed by atoms with van der Waals surface area (Å²) in [6, 6.07) is 0.179. The second kappa shape index (κ2) is 3.87. The zero-order chi connectivity index (χ0) is 10.1. The molecule has 2 saturated heterocycles. The number of hydrogen-bond donors (Lipinski definition) is 1. The molecule has 0 radical (unpaired) electrons. The molecule has 0 bridgehead atoms. The number of ether oxygens (including phenoxy) is 1. The normalized spacial score (nSPS) is 37.9. The predicted octanol–water partition coefficient (Wildman–Crippen LogP) is -0.0290. The van der Waals surface area contributed by atoms with Crippen LogP contribution in [0.4, 0.5) is 0 Å². The molecule has 0 aliphatic carbocycles. The Morgan fingerprint density at radius 2 is 2.36 bits per heavy atom. The van der Waals surface area contributed by atoms with Gasteiger partial charge in [-0.25, -0.2) is 0 Å². The van der Waals surface area contributed by atoms with Gasteiger partial charge < -0.3 is 15.4 Å². The Hall–Kier alpha value is -0.610. The molecule has 2 aliphatic heterocycles. The average Bonchev–Trinajstić information content (AvgIpc) is 2.73. The summed E-state index contributed by atoms with van der Waals surface area (Å²) in [4.78, 5) is 13.8. The van der Waals surface area contributed by atoms with Gasteiger partial charge in [0.25, 0.3) is 0 Å². The fourth-order valence-corrected chi connectivity index (χ4v) is 2.23. The minimum absolute atomic E-state index is 0.0790. The molecule has 0 aromatic heterocycles. The van der Waals surface area contributed by atoms with E-state index in [1.807, 2.05) is 11.8 Å². The molecule has 0 spiro atoms. The average molecular weight is 198 g/mol. The van der Waals surface area contributed by atoms with E-state index in [1.165, 1.54) is 0 Å². The second-order valence-electron chi connectivity index (χ2n) is 4.41. The molecule has 2 aliphatic rings. The standard InChI is InChI=1S/C10H18N2O2/c1-7-4-8(6-14-7)10(13)12-3-2-9(11)5-12/h7-9H,2-6,11H2,1H3. The summed E-state index contributed by atoms with van der Waals surface area (Å²) in [5.74, 6) is 0.317. The summed E-state index contributed by atoms with van der Waals surface area (Å²) in [6.07, 6.45) is 2.04. The van der Waals surface area contributed by atoms with Gasteiger partial charge in [-0.05, 0) is 19.8 Å². The van der Waals surface area contributed by atoms with E-state index in [9.17, 15) is 4.79 Å². The van der Waals surface area contributed by atoms with Gasteiger partial charge in [0, 0.05) is 19.1 Å². The largest absolute Gasteiger partial charge is 0.378 e. The monoisotopic (exact) mass is 198 g/mol. The molecule has 2 N–H and O–H groups in total. The van der Waals surface area contributed by atoms with Crippen molar-refractivity contribution < 1.29 is 9.53 Å². The third-order valence-corrected chi connectivity index (χ3v) is 3.08. The van der Waals surface area contributed by atoms with Crippen LogP contribution in [0.5, 0.6) is 0 Å². The maximum atomic E-state index is 11.9. The van der Waals surface area contributed by atoms with E-state index in [0.717, 1.165) is 25.9 Å². The van der Waals surface area contributed by atoms with Crippen LogP contribution in [0, 0.1) is 5.92 Å². The lowest BCUT2D eigenvalue weighted by molar-refractivity contribution is -0.134. The number of hydrogen-bond acceptors (Lipinski definition) is 3. The molecule has 0 aromatic carbocycles. The van der Waals surface area contributed by atoms with E-state index in [1.54, 1.807) is 0 Å². The molecule has 0 saturated carbocycles. The van der Waals surface area contributed by atoms with Crippen LogP contribution in [0.3, 0.4) is 0 Å². The maximum Gasteiger partial charge on any atom is 0.228 e. The van der Waals surface area contributed by atoms with Crippen LogP contribution in [-0.2, 0) is 9.53 Å². The molecular formula is C10H18N2O2. The molecule has 4 nitrogen and oxygen atoms in total. The number of nitrogens with zero attached hydrogens (tertiary/aromatic N) is 1. The van der Waals surface area contributed by atoms with Gasteiger partial charge in [0.15, 0.2) is 0 Å². The Morgan fingerprint density at radius 1 is 1.57 bits per heavy atom. The van der Waals surface area contributed by atoms with E-state index >= 15 is 0 Å². The molecule has 2 rings (SSSR count). The van der Waals surface area contributed by atoms with Gasteiger partial charge in [-0.2, -0.15) is 0 Å². The van der Waals surface area contributed by atoms with Gasteiger partial charge in [-0.1, -0.05) is 0 Å². The highest BCUT2D eigenvalue weighted by molar-refractivity contribution is 5.79. The number of carbonyl (C=O) groups excluding carboxylic acids is 1. The van der Waals surface area contributed by atoms with Crippen molar-refractivity contribution >= 4 is 5.91 Å². The first-order valence-electron chi connectivity index (χ1n) is 5.33. The molecule has 80 valence electrons. The van der Waals surface area contributed by atoms with Gasteiger partial charge in [0.05, 0.1) is 18.6 Å². The second-order valence-corrected chi connectivity index (χ2v) is 4.41. The van der Waals surface area contributed by atoms with Crippen LogP contribution in [0.2, 0.25) is 0 Å². The van der Waals surface area contributed by atoms with E-state index in [-0.39, 0.29) is 24.0 Å². The Morgan fingerprint density at radius 3 is 2.86 bits per heavy atom. The number of carbonyl (C=O) groups is 1. The first kappa shape index (κ1) is 9.93. The highest BCUT2D eigenvalue weighted by Gasteiger charge is 2.33. The number of likely N-dealkylation sites (tertiary alicyclic amines) is 1. The summed E-state index contributed by atoms with van der Waals surface area (Å²) in [6.45, 7) is 4.16. The van der Waals surface area contributed by atoms with Crippen molar-refractivity contribution in [2.75, 3.05) is 19.7 Å². The first-order valence-corrected chi connectivity index (χ1v) is 5.33. The Labute approximate surface area is 84.4 Å². The smallest absolute Gasteiger partial charge is 0.228 e. The van der Waals surface area contributed by atoms with Crippen molar-refractivity contribution in [3.63, 3.8) is 0 Å². The lowest BCUT2D eigenvalue weighted by Crippen LogP contribution is -2.36. The van der Waals surface area contributed by atoms with Crippen molar-refractivity contribution in [1.82, 2.24) is 4.90 Å². The predicted molar refractivity (Wildman–Crippen MR) is 52.7 cm³/mol. The summed E-state index contributed by atoms with van der Waals surface area (Å²) in [5, 5.41) is 0. The minimum atomic E-state index is 0.0790. The molecular weight excluding hydrogens is 180 g/mol. The maximum absolute atomic E-state index is 11.9. The minimum Gasteiger partial charge on any atom is -0.378 e. The van der Waals surface area contributed by atoms with Crippen LogP contribution in [0.1, 0.15) is 19.8 Å². The fourth-order valence-electron chi connectivity index (χ4n) is 2.23. The molecule has 3 atom stereocenters. The van der Waals surface area contributed by atoms with Crippen molar-refractivity contribution in [2.24, 2.45) is 11.7 Å². The van der Waals surface area contributed by atoms with Crippen molar-refractivity contribution in [2.45, 2.75) is 31.9 Å². The van der Waals surface area contributed by atoms with Gasteiger partial charge in [0.2, 0.25) is 5.91 Å². The third-order valence-electron chi connectivity index (χ3n) is 3.08. The molecule has 3 unspecified atom stereocenters. The van der Waals surface area contributed by atoms with E-state index in [2.05, 4.69) is 0 Å². The van der Waals surface area contributed by atoms with Crippen LogP contribution >= 0.6 is 0 Å². The Balaban J connectivity index is 1.89. The lowest BCUT2D eigenvalue weighted by Gasteiger charge is -2.19. The zero-order valence-corrected chi connectivity index (χ0v) is 8.61. The van der Waals surface area contributed by atoms with Crippen molar-refractivity contribution in [3.8, 4) is 0 Å². The molecule has 1 amide bonds. The van der Waals surface area contributed by atoms with E-state index < -0.39 is 0 Å². The number of amides is 1. The highest BCUT2D eigenvalue weighted by atomic mass is 16.5. The summed E-state index contributed by atoms with van der Waals surface area (Å²) in [7, 11) is 0. The Kier molecular flexibility index (Phi) is 2.74. The molecule has 2 fully saturated rings. The highest BCUT2D eigenvalue weighted by Crippen LogP contribution is 2.22. The van der Waals surface area contributed by atoms with Crippen LogP contribution < -0.4 is 5.73 Å². The number of rotatable bonds is 1. The van der Waals surface area contributed by atoms with Crippen LogP contribution in [0.25, 0.3) is 0 Å². The van der Waals surface area contributed by atoms with E-state index in [0.29, 0.717) is 6.61 Å². The molecule has 14 heavy (non-hydrogen) atoms. The molecule has 0 aromatic rings. The van der Waals surface area contributed by atoms with Gasteiger partial charge in [0.1, 0.15) is 0 Å². The third kappa shape index (κ3) is 1.91. The fraction of sp³-hybridized carbons (Fsp3) is 0.900. The molecule has 2 heterocycles. The summed E-state index contributed by atoms with van der Waals surface area (Å²) < 4.78 is 5.39.